The Hall–Kier alpha value is -1.39. The maximum Gasteiger partial charge on any atom is 0.131 e. The molecule has 1 aliphatic carbocycles. The van der Waals surface area contributed by atoms with Crippen molar-refractivity contribution in [3.05, 3.63) is 45.4 Å². The van der Waals surface area contributed by atoms with Gasteiger partial charge in [0.25, 0.3) is 0 Å². The van der Waals surface area contributed by atoms with E-state index in [1.807, 2.05) is 24.4 Å². The van der Waals surface area contributed by atoms with Crippen molar-refractivity contribution in [1.82, 2.24) is 4.98 Å². The minimum Gasteiger partial charge on any atom is -0.487 e. The Morgan fingerprint density at radius 3 is 3.16 bits per heavy atom. The number of fused-ring (bicyclic) bond motifs is 1. The zero-order valence-electron chi connectivity index (χ0n) is 10.9. The molecule has 0 unspecified atom stereocenters. The van der Waals surface area contributed by atoms with E-state index in [4.69, 9.17) is 4.74 Å². The van der Waals surface area contributed by atoms with Crippen LogP contribution in [0.4, 0.5) is 0 Å². The zero-order valence-corrected chi connectivity index (χ0v) is 11.7. The summed E-state index contributed by atoms with van der Waals surface area (Å²) in [5, 5.41) is 13.1. The minimum atomic E-state index is -0.339. The van der Waals surface area contributed by atoms with Crippen LogP contribution in [0.25, 0.3) is 0 Å². The van der Waals surface area contributed by atoms with E-state index in [-0.39, 0.29) is 6.10 Å². The molecule has 1 aromatic heterocycles. The normalized spacial score (nSPS) is 18.1. The lowest BCUT2D eigenvalue weighted by Crippen LogP contribution is -2.09. The first-order valence-electron chi connectivity index (χ1n) is 6.57. The van der Waals surface area contributed by atoms with Crippen LogP contribution in [0.1, 0.15) is 40.8 Å². The fourth-order valence-corrected chi connectivity index (χ4v) is 3.07. The third-order valence-corrected chi connectivity index (χ3v) is 4.28. The smallest absolute Gasteiger partial charge is 0.131 e. The number of benzene rings is 1. The van der Waals surface area contributed by atoms with Crippen LogP contribution in [-0.4, -0.2) is 10.1 Å². The van der Waals surface area contributed by atoms with E-state index in [0.29, 0.717) is 6.61 Å². The van der Waals surface area contributed by atoms with E-state index in [0.717, 1.165) is 41.3 Å². The third-order valence-electron chi connectivity index (χ3n) is 3.45. The number of ether oxygens (including phenoxy) is 1. The van der Waals surface area contributed by atoms with Crippen LogP contribution >= 0.6 is 11.3 Å². The first-order chi connectivity index (χ1) is 9.22. The summed E-state index contributed by atoms with van der Waals surface area (Å²) < 4.78 is 5.75. The molecule has 100 valence electrons. The van der Waals surface area contributed by atoms with Crippen LogP contribution in [0, 0.1) is 6.92 Å². The minimum absolute atomic E-state index is 0.339. The molecular formula is C15H17NO2S. The number of hydrogen-bond acceptors (Lipinski definition) is 4. The SMILES string of the molecule is Cc1nc(COc2ccc3c(c2)[C@@H](O)CCC3)cs1. The molecule has 0 saturated heterocycles. The van der Waals surface area contributed by atoms with E-state index < -0.39 is 0 Å². The standard InChI is InChI=1S/C15H17NO2S/c1-10-16-12(9-19-10)8-18-13-6-5-11-3-2-4-15(17)14(11)7-13/h5-7,9,15,17H,2-4,8H2,1H3/t15-/m0/s1. The highest BCUT2D eigenvalue weighted by molar-refractivity contribution is 7.09. The molecule has 1 N–H and O–H groups in total. The lowest BCUT2D eigenvalue weighted by Gasteiger charge is -2.21. The molecule has 3 rings (SSSR count). The first-order valence-corrected chi connectivity index (χ1v) is 7.45. The van der Waals surface area contributed by atoms with Gasteiger partial charge >= 0.3 is 0 Å². The van der Waals surface area contributed by atoms with E-state index in [1.54, 1.807) is 11.3 Å². The van der Waals surface area contributed by atoms with Crippen LogP contribution in [0.5, 0.6) is 5.75 Å². The Bertz CT molecular complexity index is 579. The van der Waals surface area contributed by atoms with E-state index >= 15 is 0 Å². The predicted molar refractivity (Wildman–Crippen MR) is 75.5 cm³/mol. The van der Waals surface area contributed by atoms with Crippen molar-refractivity contribution in [3.8, 4) is 5.75 Å². The second kappa shape index (κ2) is 5.31. The van der Waals surface area contributed by atoms with Gasteiger partial charge in [-0.2, -0.15) is 0 Å². The number of nitrogens with zero attached hydrogens (tertiary/aromatic N) is 1. The Morgan fingerprint density at radius 2 is 2.37 bits per heavy atom. The molecule has 0 spiro atoms. The monoisotopic (exact) mass is 275 g/mol. The predicted octanol–water partition coefficient (Wildman–Crippen LogP) is 3.40. The Balaban J connectivity index is 1.73. The van der Waals surface area contributed by atoms with Gasteiger partial charge in [0, 0.05) is 5.38 Å². The lowest BCUT2D eigenvalue weighted by atomic mass is 9.89. The van der Waals surface area contributed by atoms with Gasteiger partial charge in [-0.15, -0.1) is 11.3 Å². The summed E-state index contributed by atoms with van der Waals surface area (Å²) in [5.74, 6) is 0.811. The Morgan fingerprint density at radius 1 is 1.47 bits per heavy atom. The molecule has 0 bridgehead atoms. The van der Waals surface area contributed by atoms with Crippen molar-refractivity contribution < 1.29 is 9.84 Å². The fourth-order valence-electron chi connectivity index (χ4n) is 2.47. The van der Waals surface area contributed by atoms with E-state index in [9.17, 15) is 5.11 Å². The highest BCUT2D eigenvalue weighted by Gasteiger charge is 2.18. The highest BCUT2D eigenvalue weighted by atomic mass is 32.1. The summed E-state index contributed by atoms with van der Waals surface area (Å²) in [7, 11) is 0. The highest BCUT2D eigenvalue weighted by Crippen LogP contribution is 2.32. The maximum absolute atomic E-state index is 10.0. The van der Waals surface area contributed by atoms with Crippen LogP contribution in [0.3, 0.4) is 0 Å². The number of rotatable bonds is 3. The summed E-state index contributed by atoms with van der Waals surface area (Å²) in [5.41, 5.74) is 3.23. The molecule has 0 amide bonds. The molecule has 1 heterocycles. The lowest BCUT2D eigenvalue weighted by molar-refractivity contribution is 0.156. The first kappa shape index (κ1) is 12.6. The summed E-state index contributed by atoms with van der Waals surface area (Å²) in [6.45, 7) is 2.47. The summed E-state index contributed by atoms with van der Waals surface area (Å²) in [6, 6.07) is 6.02. The van der Waals surface area contributed by atoms with Gasteiger partial charge in [0.2, 0.25) is 0 Å². The average molecular weight is 275 g/mol. The topological polar surface area (TPSA) is 42.4 Å². The van der Waals surface area contributed by atoms with Gasteiger partial charge in [-0.3, -0.25) is 0 Å². The van der Waals surface area contributed by atoms with Crippen LogP contribution in [-0.2, 0) is 13.0 Å². The quantitative estimate of drug-likeness (QED) is 0.933. The zero-order chi connectivity index (χ0) is 13.2. The molecule has 0 radical (unpaired) electrons. The maximum atomic E-state index is 10.0. The molecule has 19 heavy (non-hydrogen) atoms. The number of aliphatic hydroxyl groups is 1. The molecule has 3 nitrogen and oxygen atoms in total. The van der Waals surface area contributed by atoms with Crippen molar-refractivity contribution >= 4 is 11.3 Å². The second-order valence-electron chi connectivity index (χ2n) is 4.92. The van der Waals surface area contributed by atoms with E-state index in [2.05, 4.69) is 11.1 Å². The molecule has 1 aromatic carbocycles. The molecule has 1 atom stereocenters. The van der Waals surface area contributed by atoms with Crippen molar-refractivity contribution in [2.45, 2.75) is 38.9 Å². The van der Waals surface area contributed by atoms with Gasteiger partial charge in [-0.25, -0.2) is 4.98 Å². The van der Waals surface area contributed by atoms with Gasteiger partial charge in [-0.1, -0.05) is 6.07 Å². The number of aromatic nitrogens is 1. The van der Waals surface area contributed by atoms with Crippen molar-refractivity contribution in [2.24, 2.45) is 0 Å². The van der Waals surface area contributed by atoms with Gasteiger partial charge in [0.05, 0.1) is 16.8 Å². The molecule has 4 heteroatoms. The number of aliphatic hydroxyl groups excluding tert-OH is 1. The van der Waals surface area contributed by atoms with Gasteiger partial charge < -0.3 is 9.84 Å². The molecular weight excluding hydrogens is 258 g/mol. The van der Waals surface area contributed by atoms with Gasteiger partial charge in [-0.05, 0) is 49.4 Å². The van der Waals surface area contributed by atoms with Crippen molar-refractivity contribution in [3.63, 3.8) is 0 Å². The summed E-state index contributed by atoms with van der Waals surface area (Å²) in [4.78, 5) is 4.37. The van der Waals surface area contributed by atoms with Crippen molar-refractivity contribution in [1.29, 1.82) is 0 Å². The molecule has 1 aliphatic rings. The Labute approximate surface area is 116 Å². The summed E-state index contributed by atoms with van der Waals surface area (Å²) >= 11 is 1.63. The van der Waals surface area contributed by atoms with Gasteiger partial charge in [0.1, 0.15) is 12.4 Å². The van der Waals surface area contributed by atoms with Crippen LogP contribution in [0.2, 0.25) is 0 Å². The van der Waals surface area contributed by atoms with Gasteiger partial charge in [0.15, 0.2) is 0 Å². The Kier molecular flexibility index (Phi) is 3.53. The fraction of sp³-hybridized carbons (Fsp3) is 0.400. The largest absolute Gasteiger partial charge is 0.487 e. The van der Waals surface area contributed by atoms with Crippen LogP contribution in [0.15, 0.2) is 23.6 Å². The average Bonchev–Trinajstić information content (AvgIpc) is 2.83. The van der Waals surface area contributed by atoms with Crippen LogP contribution < -0.4 is 4.74 Å². The molecule has 2 aromatic rings. The van der Waals surface area contributed by atoms with E-state index in [1.165, 1.54) is 5.56 Å². The number of hydrogen-bond donors (Lipinski definition) is 1. The number of thiazole rings is 1. The molecule has 0 saturated carbocycles. The summed E-state index contributed by atoms with van der Waals surface area (Å²) in [6.07, 6.45) is 2.63. The second-order valence-corrected chi connectivity index (χ2v) is 5.98. The van der Waals surface area contributed by atoms with Crippen molar-refractivity contribution in [2.75, 3.05) is 0 Å². The third kappa shape index (κ3) is 2.80. The molecule has 0 aliphatic heterocycles. The molecule has 0 fully saturated rings. The number of aryl methyl sites for hydroxylation is 2.